The number of unbranched alkanes of at least 4 members (excludes halogenated alkanes) is 1. The predicted molar refractivity (Wildman–Crippen MR) is 327 cm³/mol. The van der Waals surface area contributed by atoms with Crippen molar-refractivity contribution >= 4 is 106 Å². The van der Waals surface area contributed by atoms with E-state index in [0.717, 1.165) is 41.2 Å². The first-order chi connectivity index (χ1) is 39.6. The summed E-state index contributed by atoms with van der Waals surface area (Å²) in [5.74, 6) is -0.845. The van der Waals surface area contributed by atoms with Gasteiger partial charge in [-0.1, -0.05) is 127 Å². The summed E-state index contributed by atoms with van der Waals surface area (Å²) in [7, 11) is 1.22. The Morgan fingerprint density at radius 1 is 0.528 bits per heavy atom. The van der Waals surface area contributed by atoms with Crippen LogP contribution in [0.25, 0.3) is 10.8 Å². The average Bonchev–Trinajstić information content (AvgIpc) is 1.55. The second-order valence-electron chi connectivity index (χ2n) is 17.3. The standard InChI is InChI=1S/C14H16O2S.C12H10I.C8H9NO3S.2C7H8O2S.C4H8O4S.2C3H8O2S.4Na.Zn/c1-2-3-6-11-9-10-14(17(15)16)13-8-5-4-7-12(11)13;1-3-7-11(8-4-1)13-12-9-5-2-6-10-12;1-6(10)9-7-2-4-8(5-3-7)13(11)12;2*1-6-2-4-7(5-3-6)10(8)9;1-8-4(5)2-3-9(6)7;2*1-3(2)6(4)5;;;;;/h4-5,7-10H,2-3,6H2,1H3,(H,15,16);1-10H;2-5H,1H3,(H,9,10)(H,11,12);2*2-5H,1H3,(H,8,9);2-3H2,1H3,(H,6,7);2*3H,1-2H3,(H,4,5);;;;;/q;+1;;;;;;;4*+1;/p-5. The summed E-state index contributed by atoms with van der Waals surface area (Å²) in [6, 6.07) is 52.1. The van der Waals surface area contributed by atoms with Crippen molar-refractivity contribution in [3.8, 4) is 0 Å². The van der Waals surface area contributed by atoms with E-state index in [2.05, 4.69) is 77.6 Å². The van der Waals surface area contributed by atoms with E-state index in [-0.39, 0.29) is 192 Å². The van der Waals surface area contributed by atoms with Crippen molar-refractivity contribution in [3.05, 3.63) is 194 Å². The summed E-state index contributed by atoms with van der Waals surface area (Å²) in [4.78, 5) is 22.1. The van der Waals surface area contributed by atoms with Crippen LogP contribution in [0.5, 0.6) is 0 Å². The van der Waals surface area contributed by atoms with Gasteiger partial charge >= 0.3 is 145 Å². The van der Waals surface area contributed by atoms with Crippen LogP contribution in [0.2, 0.25) is 0 Å². The molecule has 0 saturated carbocycles. The molecule has 464 valence electrons. The van der Waals surface area contributed by atoms with E-state index in [9.17, 15) is 61.8 Å². The topological polar surface area (TPSA) is 331 Å². The van der Waals surface area contributed by atoms with Crippen molar-refractivity contribution in [2.45, 2.75) is 111 Å². The molecule has 31 heteroatoms. The number of methoxy groups -OCH3 is 1. The van der Waals surface area contributed by atoms with Crippen molar-refractivity contribution in [1.29, 1.82) is 0 Å². The Morgan fingerprint density at radius 2 is 0.876 bits per heavy atom. The van der Waals surface area contributed by atoms with Gasteiger partial charge in [0.1, 0.15) is 0 Å². The quantitative estimate of drug-likeness (QED) is 0.0376. The van der Waals surface area contributed by atoms with Crippen LogP contribution in [0.1, 0.15) is 77.5 Å². The Bertz CT molecular complexity index is 3080. The van der Waals surface area contributed by atoms with Gasteiger partial charge in [-0.15, -0.1) is 0 Å². The molecule has 0 aliphatic heterocycles. The Hall–Kier alpha value is -0.137. The van der Waals surface area contributed by atoms with E-state index in [1.807, 2.05) is 44.2 Å². The van der Waals surface area contributed by atoms with Gasteiger partial charge in [0.25, 0.3) is 0 Å². The number of amides is 1. The zero-order valence-corrected chi connectivity index (χ0v) is 71.2. The fourth-order valence-corrected chi connectivity index (χ4v) is 9.78. The molecule has 0 saturated heterocycles. The van der Waals surface area contributed by atoms with Gasteiger partial charge in [-0.3, -0.25) is 30.6 Å². The third-order valence-corrected chi connectivity index (χ3v) is 17.5. The molecule has 0 bridgehead atoms. The molecular weight excluding hydrogens is 1490 g/mol. The van der Waals surface area contributed by atoms with Gasteiger partial charge in [-0.2, -0.15) is 0 Å². The molecule has 0 aliphatic carbocycles. The molecule has 7 rings (SSSR count). The van der Waals surface area contributed by atoms with Gasteiger partial charge in [0.05, 0.1) is 24.0 Å². The maximum atomic E-state index is 11.1. The fraction of sp³-hybridized carbons (Fsp3) is 0.276. The molecule has 0 fully saturated rings. The van der Waals surface area contributed by atoms with E-state index in [4.69, 9.17) is 9.11 Å². The molecule has 7 unspecified atom stereocenters. The number of rotatable bonds is 15. The van der Waals surface area contributed by atoms with Crippen molar-refractivity contribution in [2.24, 2.45) is 0 Å². The number of fused-ring (bicyclic) bond motifs is 1. The average molecular weight is 1560 g/mol. The SMILES string of the molecule is CC(=O)Nc1ccc(S(=O)[O-])cc1.CC(C)S(=O)O.CC(C)S(=O)O.CCCCc1ccc(S(=O)[O-])c2ccccc12.COC(=O)CCS(=O)[O-].Cc1ccc(S(=O)[O-])cc1.Cc1ccc(S(=O)[O-])cc1.[Na+].[Na+].[Na+].[Na+].[Zn].c1ccc([I+]c2ccccc2)cc1. The van der Waals surface area contributed by atoms with Crippen molar-refractivity contribution in [2.75, 3.05) is 18.2 Å². The molecule has 7 aromatic rings. The number of carbonyl (C=O) groups is 2. The largest absolute Gasteiger partial charge is 1.00 e. The van der Waals surface area contributed by atoms with Crippen LogP contribution in [0.3, 0.4) is 0 Å². The molecule has 0 aliphatic rings. The van der Waals surface area contributed by atoms with E-state index in [1.165, 1.54) is 51.0 Å². The van der Waals surface area contributed by atoms with E-state index in [1.54, 1.807) is 82.3 Å². The molecule has 7 atom stereocenters. The Kier molecular flexibility index (Phi) is 67.7. The van der Waals surface area contributed by atoms with Gasteiger partial charge in [0.2, 0.25) is 5.91 Å². The number of nitrogens with one attached hydrogen (secondary N) is 1. The minimum Gasteiger partial charge on any atom is -0.772 e. The van der Waals surface area contributed by atoms with Crippen molar-refractivity contribution in [1.82, 2.24) is 0 Å². The van der Waals surface area contributed by atoms with Crippen LogP contribution in [-0.4, -0.2) is 96.6 Å². The Balaban J connectivity index is -0.000000224. The molecule has 3 N–H and O–H groups in total. The monoisotopic (exact) mass is 1560 g/mol. The minimum absolute atomic E-state index is 0. The maximum Gasteiger partial charge on any atom is 1.00 e. The first-order valence-electron chi connectivity index (χ1n) is 25.1. The number of hydrogen-bond donors (Lipinski definition) is 3. The summed E-state index contributed by atoms with van der Waals surface area (Å²) in [5.41, 5.74) is 3.95. The number of halogens is 1. The van der Waals surface area contributed by atoms with E-state index in [0.29, 0.717) is 20.4 Å². The minimum atomic E-state index is -2.21. The summed E-state index contributed by atoms with van der Waals surface area (Å²) in [6.07, 6.45) is 3.21. The number of hydrogen-bond acceptors (Lipinski definition) is 15. The molecule has 0 aromatic heterocycles. The fourth-order valence-electron chi connectivity index (χ4n) is 5.57. The molecular formula is C58H70INNa4O17S7Zn. The van der Waals surface area contributed by atoms with Gasteiger partial charge in [0, 0.05) is 57.4 Å². The maximum absolute atomic E-state index is 11.1. The third kappa shape index (κ3) is 50.9. The summed E-state index contributed by atoms with van der Waals surface area (Å²) in [5, 5.41) is 4.18. The zero-order chi connectivity index (χ0) is 63.7. The molecule has 1 amide bonds. The molecule has 89 heavy (non-hydrogen) atoms. The first-order valence-corrected chi connectivity index (χ1v) is 35.1. The number of carbonyl (C=O) groups excluding carboxylic acids is 2. The van der Waals surface area contributed by atoms with Crippen molar-refractivity contribution in [3.63, 3.8) is 0 Å². The number of esters is 1. The predicted octanol–water partition coefficient (Wildman–Crippen LogP) is -4.74. The van der Waals surface area contributed by atoms with E-state index < -0.39 is 83.5 Å². The van der Waals surface area contributed by atoms with E-state index >= 15 is 0 Å². The van der Waals surface area contributed by atoms with Crippen LogP contribution in [0.4, 0.5) is 5.69 Å². The van der Waals surface area contributed by atoms with Crippen LogP contribution in [0.15, 0.2) is 189 Å². The Labute approximate surface area is 654 Å². The summed E-state index contributed by atoms with van der Waals surface area (Å²) >= 11 is -13.9. The molecule has 7 aromatic carbocycles. The molecule has 0 radical (unpaired) electrons. The third-order valence-electron chi connectivity index (χ3n) is 9.94. The number of benzene rings is 7. The summed E-state index contributed by atoms with van der Waals surface area (Å²) in [6.45, 7) is 14.1. The van der Waals surface area contributed by atoms with Crippen molar-refractivity contribution < 1.29 is 235 Å². The number of aryl methyl sites for hydroxylation is 3. The van der Waals surface area contributed by atoms with Crippen LogP contribution >= 0.6 is 0 Å². The van der Waals surface area contributed by atoms with Gasteiger partial charge in [-0.05, 0) is 194 Å². The van der Waals surface area contributed by atoms with Crippen LogP contribution in [0, 0.1) is 21.0 Å². The molecule has 0 heterocycles. The number of anilines is 1. The first kappa shape index (κ1) is 99.9. The van der Waals surface area contributed by atoms with Crippen LogP contribution < -0.4 is 145 Å². The normalized spacial score (nSPS) is 11.9. The second kappa shape index (κ2) is 60.3. The smallest absolute Gasteiger partial charge is 0.772 e. The molecule has 0 spiro atoms. The second-order valence-corrected chi connectivity index (χ2v) is 28.1. The van der Waals surface area contributed by atoms with Gasteiger partial charge in [-0.25, -0.2) is 8.42 Å². The van der Waals surface area contributed by atoms with Crippen LogP contribution in [-0.2, 0) is 118 Å². The van der Waals surface area contributed by atoms with Gasteiger partial charge < -0.3 is 41.9 Å². The zero-order valence-electron chi connectivity index (χ0n) is 52.3. The Morgan fingerprint density at radius 3 is 1.18 bits per heavy atom. The summed E-state index contributed by atoms with van der Waals surface area (Å²) < 4.78 is 147. The van der Waals surface area contributed by atoms with Gasteiger partial charge in [0.15, 0.2) is 29.3 Å². The number of ether oxygens (including phenoxy) is 1. The molecule has 18 nitrogen and oxygen atoms in total.